The highest BCUT2D eigenvalue weighted by Gasteiger charge is 2.24. The Bertz CT molecular complexity index is 357. The van der Waals surface area contributed by atoms with Crippen LogP contribution in [0.1, 0.15) is 37.7 Å². The Balaban J connectivity index is 2.33. The maximum absolute atomic E-state index is 6.32. The van der Waals surface area contributed by atoms with Crippen LogP contribution in [0.4, 0.5) is 0 Å². The standard InChI is InChI=1S/C11H18ClN3/c1-7(2)10-11(12)15-6-8(5-13)3-4-9(15)14-10/h7-8H,3-6,13H2,1-2H3. The van der Waals surface area contributed by atoms with E-state index in [1.165, 1.54) is 0 Å². The maximum atomic E-state index is 6.32. The minimum atomic E-state index is 0.395. The van der Waals surface area contributed by atoms with E-state index < -0.39 is 0 Å². The van der Waals surface area contributed by atoms with Crippen molar-refractivity contribution in [2.24, 2.45) is 11.7 Å². The number of aryl methyl sites for hydroxylation is 1. The quantitative estimate of drug-likeness (QED) is 0.842. The van der Waals surface area contributed by atoms with E-state index in [9.17, 15) is 0 Å². The second kappa shape index (κ2) is 4.14. The van der Waals surface area contributed by atoms with Gasteiger partial charge < -0.3 is 10.3 Å². The predicted molar refractivity (Wildman–Crippen MR) is 62.2 cm³/mol. The molecule has 4 heteroatoms. The Morgan fingerprint density at radius 1 is 1.60 bits per heavy atom. The summed E-state index contributed by atoms with van der Waals surface area (Å²) < 4.78 is 2.14. The van der Waals surface area contributed by atoms with Crippen LogP contribution < -0.4 is 5.73 Å². The van der Waals surface area contributed by atoms with Crippen molar-refractivity contribution in [2.45, 2.75) is 39.2 Å². The van der Waals surface area contributed by atoms with Gasteiger partial charge in [-0.1, -0.05) is 25.4 Å². The van der Waals surface area contributed by atoms with E-state index in [1.807, 2.05) is 0 Å². The van der Waals surface area contributed by atoms with Gasteiger partial charge in [0.25, 0.3) is 0 Å². The highest BCUT2D eigenvalue weighted by atomic mass is 35.5. The van der Waals surface area contributed by atoms with Gasteiger partial charge in [-0.25, -0.2) is 4.98 Å². The van der Waals surface area contributed by atoms with Gasteiger partial charge in [-0.3, -0.25) is 0 Å². The smallest absolute Gasteiger partial charge is 0.132 e. The fraction of sp³-hybridized carbons (Fsp3) is 0.727. The Morgan fingerprint density at radius 3 is 2.93 bits per heavy atom. The molecule has 0 aromatic carbocycles. The number of nitrogens with zero attached hydrogens (tertiary/aromatic N) is 2. The largest absolute Gasteiger partial charge is 0.330 e. The van der Waals surface area contributed by atoms with Gasteiger partial charge in [-0.2, -0.15) is 0 Å². The molecule has 0 amide bonds. The van der Waals surface area contributed by atoms with E-state index in [2.05, 4.69) is 23.4 Å². The van der Waals surface area contributed by atoms with E-state index in [1.54, 1.807) is 0 Å². The molecule has 1 aliphatic heterocycles. The summed E-state index contributed by atoms with van der Waals surface area (Å²) in [5.41, 5.74) is 6.73. The normalized spacial score (nSPS) is 20.7. The third-order valence-electron chi connectivity index (χ3n) is 3.11. The summed E-state index contributed by atoms with van der Waals surface area (Å²) in [7, 11) is 0. The number of aromatic nitrogens is 2. The molecule has 0 fully saturated rings. The van der Waals surface area contributed by atoms with Gasteiger partial charge in [-0.05, 0) is 24.8 Å². The van der Waals surface area contributed by atoms with Crippen LogP contribution in [0.25, 0.3) is 0 Å². The van der Waals surface area contributed by atoms with Crippen molar-refractivity contribution in [1.82, 2.24) is 9.55 Å². The molecule has 3 nitrogen and oxygen atoms in total. The molecule has 15 heavy (non-hydrogen) atoms. The van der Waals surface area contributed by atoms with Gasteiger partial charge in [0.2, 0.25) is 0 Å². The molecular weight excluding hydrogens is 210 g/mol. The number of hydrogen-bond acceptors (Lipinski definition) is 2. The second-order valence-electron chi connectivity index (χ2n) is 4.61. The molecule has 1 unspecified atom stereocenters. The van der Waals surface area contributed by atoms with Crippen LogP contribution in [0.2, 0.25) is 5.15 Å². The molecular formula is C11H18ClN3. The molecule has 1 aromatic rings. The molecule has 84 valence electrons. The first-order valence-corrected chi connectivity index (χ1v) is 5.96. The van der Waals surface area contributed by atoms with Gasteiger partial charge in [0.15, 0.2) is 0 Å². The number of nitrogens with two attached hydrogens (primary N) is 1. The van der Waals surface area contributed by atoms with Gasteiger partial charge in [-0.15, -0.1) is 0 Å². The zero-order valence-corrected chi connectivity index (χ0v) is 10.1. The summed E-state index contributed by atoms with van der Waals surface area (Å²) in [6.45, 7) is 5.93. The number of fused-ring (bicyclic) bond motifs is 1. The van der Waals surface area contributed by atoms with Crippen LogP contribution in [0.3, 0.4) is 0 Å². The first-order chi connectivity index (χ1) is 7.13. The van der Waals surface area contributed by atoms with Crippen LogP contribution in [-0.2, 0) is 13.0 Å². The van der Waals surface area contributed by atoms with Crippen molar-refractivity contribution in [2.75, 3.05) is 6.54 Å². The SMILES string of the molecule is CC(C)c1nc2n(c1Cl)CC(CN)CC2. The van der Waals surface area contributed by atoms with E-state index >= 15 is 0 Å². The van der Waals surface area contributed by atoms with Crippen LogP contribution in [0, 0.1) is 5.92 Å². The Hall–Kier alpha value is -0.540. The monoisotopic (exact) mass is 227 g/mol. The van der Waals surface area contributed by atoms with Crippen LogP contribution >= 0.6 is 11.6 Å². The molecule has 1 atom stereocenters. The second-order valence-corrected chi connectivity index (χ2v) is 4.97. The molecule has 0 bridgehead atoms. The summed E-state index contributed by atoms with van der Waals surface area (Å²) in [6, 6.07) is 0. The lowest BCUT2D eigenvalue weighted by Crippen LogP contribution is -2.26. The zero-order chi connectivity index (χ0) is 11.0. The first-order valence-electron chi connectivity index (χ1n) is 5.58. The molecule has 2 rings (SSSR count). The summed E-state index contributed by atoms with van der Waals surface area (Å²) >= 11 is 6.32. The van der Waals surface area contributed by atoms with Crippen molar-refractivity contribution < 1.29 is 0 Å². The van der Waals surface area contributed by atoms with E-state index in [4.69, 9.17) is 17.3 Å². The lowest BCUT2D eigenvalue weighted by Gasteiger charge is -2.22. The summed E-state index contributed by atoms with van der Waals surface area (Å²) in [5.74, 6) is 2.09. The number of hydrogen-bond donors (Lipinski definition) is 1. The molecule has 0 spiro atoms. The number of imidazole rings is 1. The third-order valence-corrected chi connectivity index (χ3v) is 3.50. The highest BCUT2D eigenvalue weighted by molar-refractivity contribution is 6.30. The Morgan fingerprint density at radius 2 is 2.33 bits per heavy atom. The van der Waals surface area contributed by atoms with Gasteiger partial charge in [0.05, 0.1) is 5.69 Å². The molecule has 0 aliphatic carbocycles. The lowest BCUT2D eigenvalue weighted by molar-refractivity contribution is 0.374. The highest BCUT2D eigenvalue weighted by Crippen LogP contribution is 2.29. The topological polar surface area (TPSA) is 43.8 Å². The fourth-order valence-electron chi connectivity index (χ4n) is 2.12. The van der Waals surface area contributed by atoms with E-state index in [0.29, 0.717) is 11.8 Å². The van der Waals surface area contributed by atoms with Crippen LogP contribution in [-0.4, -0.2) is 16.1 Å². The zero-order valence-electron chi connectivity index (χ0n) is 9.33. The van der Waals surface area contributed by atoms with Crippen molar-refractivity contribution in [1.29, 1.82) is 0 Å². The number of halogens is 1. The summed E-state index contributed by atoms with van der Waals surface area (Å²) in [5, 5.41) is 0.818. The predicted octanol–water partition coefficient (Wildman–Crippen LogP) is 2.18. The minimum absolute atomic E-state index is 0.395. The molecule has 2 heterocycles. The van der Waals surface area contributed by atoms with Crippen molar-refractivity contribution >= 4 is 11.6 Å². The lowest BCUT2D eigenvalue weighted by atomic mass is 10.00. The fourth-order valence-corrected chi connectivity index (χ4v) is 2.54. The van der Waals surface area contributed by atoms with Crippen molar-refractivity contribution in [3.8, 4) is 0 Å². The van der Waals surface area contributed by atoms with E-state index in [0.717, 1.165) is 42.6 Å². The minimum Gasteiger partial charge on any atom is -0.330 e. The molecule has 0 saturated heterocycles. The van der Waals surface area contributed by atoms with Crippen molar-refractivity contribution in [3.05, 3.63) is 16.7 Å². The van der Waals surface area contributed by atoms with Crippen LogP contribution in [0.15, 0.2) is 0 Å². The number of rotatable bonds is 2. The Kier molecular flexibility index (Phi) is 3.03. The molecule has 0 radical (unpaired) electrons. The van der Waals surface area contributed by atoms with Gasteiger partial charge in [0.1, 0.15) is 11.0 Å². The average Bonchev–Trinajstić information content (AvgIpc) is 2.56. The van der Waals surface area contributed by atoms with Gasteiger partial charge in [0, 0.05) is 13.0 Å². The molecule has 2 N–H and O–H groups in total. The van der Waals surface area contributed by atoms with Gasteiger partial charge >= 0.3 is 0 Å². The summed E-state index contributed by atoms with van der Waals surface area (Å²) in [4.78, 5) is 4.61. The first kappa shape index (κ1) is 11.0. The Labute approximate surface area is 95.6 Å². The summed E-state index contributed by atoms with van der Waals surface area (Å²) in [6.07, 6.45) is 2.15. The average molecular weight is 228 g/mol. The van der Waals surface area contributed by atoms with Crippen molar-refractivity contribution in [3.63, 3.8) is 0 Å². The van der Waals surface area contributed by atoms with Crippen LogP contribution in [0.5, 0.6) is 0 Å². The molecule has 1 aliphatic rings. The maximum Gasteiger partial charge on any atom is 0.132 e. The molecule has 1 aromatic heterocycles. The molecule has 0 saturated carbocycles. The van der Waals surface area contributed by atoms with E-state index in [-0.39, 0.29) is 0 Å². The third kappa shape index (κ3) is 1.91.